The van der Waals surface area contributed by atoms with E-state index in [1.807, 2.05) is 52.8 Å². The Balaban J connectivity index is 3.05. The topological polar surface area (TPSA) is 58.6 Å². The number of aliphatic hydroxyl groups excluding tert-OH is 1. The molecule has 0 saturated heterocycles. The lowest BCUT2D eigenvalue weighted by Crippen LogP contribution is -2.47. The van der Waals surface area contributed by atoms with E-state index in [4.69, 9.17) is 4.74 Å². The molecule has 2 atom stereocenters. The zero-order valence-corrected chi connectivity index (χ0v) is 13.9. The molecule has 1 aromatic carbocycles. The normalized spacial score (nSPS) is 14.6. The van der Waals surface area contributed by atoms with Crippen LogP contribution < -0.4 is 5.32 Å². The maximum absolute atomic E-state index is 11.6. The van der Waals surface area contributed by atoms with Crippen molar-refractivity contribution in [1.82, 2.24) is 5.32 Å². The van der Waals surface area contributed by atoms with Gasteiger partial charge < -0.3 is 15.2 Å². The highest BCUT2D eigenvalue weighted by atomic mass is 16.5. The van der Waals surface area contributed by atoms with E-state index in [1.54, 1.807) is 0 Å². The van der Waals surface area contributed by atoms with E-state index in [2.05, 4.69) is 5.32 Å². The van der Waals surface area contributed by atoms with E-state index in [9.17, 15) is 9.90 Å². The average Bonchev–Trinajstić information content (AvgIpc) is 2.38. The molecular formula is C17H27NO3. The zero-order chi connectivity index (χ0) is 16.2. The van der Waals surface area contributed by atoms with Crippen LogP contribution in [-0.4, -0.2) is 29.8 Å². The van der Waals surface area contributed by atoms with Gasteiger partial charge in [-0.2, -0.15) is 0 Å². The van der Waals surface area contributed by atoms with Gasteiger partial charge in [0.25, 0.3) is 0 Å². The van der Waals surface area contributed by atoms with Gasteiger partial charge >= 0.3 is 5.97 Å². The highest BCUT2D eigenvalue weighted by molar-refractivity contribution is 5.70. The van der Waals surface area contributed by atoms with Gasteiger partial charge in [-0.25, -0.2) is 0 Å². The molecule has 0 spiro atoms. The van der Waals surface area contributed by atoms with Gasteiger partial charge in [0.2, 0.25) is 0 Å². The summed E-state index contributed by atoms with van der Waals surface area (Å²) in [5.74, 6) is -0.332. The first-order valence-corrected chi connectivity index (χ1v) is 7.24. The standard InChI is InChI=1S/C17H27NO3/c1-11-7-8-12(2)13(9-11)16(20)14(10-15(19)21-6)18-17(3,4)5/h7-9,14,16,18,20H,10H2,1-6H3. The summed E-state index contributed by atoms with van der Waals surface area (Å²) in [5.41, 5.74) is 2.73. The molecule has 0 fully saturated rings. The molecule has 2 N–H and O–H groups in total. The minimum Gasteiger partial charge on any atom is -0.469 e. The summed E-state index contributed by atoms with van der Waals surface area (Å²) < 4.78 is 4.75. The van der Waals surface area contributed by atoms with E-state index in [1.165, 1.54) is 7.11 Å². The van der Waals surface area contributed by atoms with Crippen LogP contribution in [-0.2, 0) is 9.53 Å². The van der Waals surface area contributed by atoms with Crippen LogP contribution in [0.3, 0.4) is 0 Å². The van der Waals surface area contributed by atoms with Gasteiger partial charge in [0.05, 0.1) is 19.6 Å². The molecule has 0 aliphatic carbocycles. The lowest BCUT2D eigenvalue weighted by molar-refractivity contribution is -0.142. The van der Waals surface area contributed by atoms with Crippen molar-refractivity contribution in [3.05, 3.63) is 34.9 Å². The van der Waals surface area contributed by atoms with Crippen molar-refractivity contribution in [1.29, 1.82) is 0 Å². The van der Waals surface area contributed by atoms with Gasteiger partial charge in [-0.3, -0.25) is 4.79 Å². The molecule has 1 rings (SSSR count). The number of carbonyl (C=O) groups is 1. The Morgan fingerprint density at radius 3 is 2.48 bits per heavy atom. The second kappa shape index (κ2) is 7.05. The van der Waals surface area contributed by atoms with E-state index in [0.717, 1.165) is 16.7 Å². The molecular weight excluding hydrogens is 266 g/mol. The number of benzene rings is 1. The number of nitrogens with one attached hydrogen (secondary N) is 1. The number of carbonyl (C=O) groups excluding carboxylic acids is 1. The number of hydrogen-bond donors (Lipinski definition) is 2. The Morgan fingerprint density at radius 1 is 1.33 bits per heavy atom. The minimum atomic E-state index is -0.761. The molecule has 0 aliphatic heterocycles. The summed E-state index contributed by atoms with van der Waals surface area (Å²) in [6.07, 6.45) is -0.634. The lowest BCUT2D eigenvalue weighted by atomic mass is 9.92. The fraction of sp³-hybridized carbons (Fsp3) is 0.588. The van der Waals surface area contributed by atoms with Crippen LogP contribution in [0.1, 0.15) is 50.0 Å². The van der Waals surface area contributed by atoms with Crippen molar-refractivity contribution < 1.29 is 14.6 Å². The van der Waals surface area contributed by atoms with Crippen molar-refractivity contribution in [2.75, 3.05) is 7.11 Å². The number of rotatable bonds is 5. The highest BCUT2D eigenvalue weighted by Crippen LogP contribution is 2.25. The molecule has 1 aromatic rings. The molecule has 0 heterocycles. The molecule has 0 bridgehead atoms. The lowest BCUT2D eigenvalue weighted by Gasteiger charge is -2.32. The van der Waals surface area contributed by atoms with Crippen LogP contribution in [0.15, 0.2) is 18.2 Å². The van der Waals surface area contributed by atoms with Gasteiger partial charge in [-0.1, -0.05) is 23.8 Å². The van der Waals surface area contributed by atoms with Crippen molar-refractivity contribution in [3.8, 4) is 0 Å². The Hall–Kier alpha value is -1.39. The summed E-state index contributed by atoms with van der Waals surface area (Å²) in [5, 5.41) is 14.0. The monoisotopic (exact) mass is 293 g/mol. The highest BCUT2D eigenvalue weighted by Gasteiger charge is 2.28. The number of aryl methyl sites for hydroxylation is 2. The largest absolute Gasteiger partial charge is 0.469 e. The number of esters is 1. The third-order valence-corrected chi connectivity index (χ3v) is 3.37. The maximum atomic E-state index is 11.6. The first-order chi connectivity index (χ1) is 9.64. The summed E-state index contributed by atoms with van der Waals surface area (Å²) in [7, 11) is 1.36. The SMILES string of the molecule is COC(=O)CC(NC(C)(C)C)C(O)c1cc(C)ccc1C. The molecule has 0 saturated carbocycles. The van der Waals surface area contributed by atoms with Crippen molar-refractivity contribution in [2.45, 2.75) is 58.7 Å². The number of ether oxygens (including phenoxy) is 1. The van der Waals surface area contributed by atoms with E-state index in [-0.39, 0.29) is 17.9 Å². The quantitative estimate of drug-likeness (QED) is 0.819. The molecule has 118 valence electrons. The van der Waals surface area contributed by atoms with Gasteiger partial charge in [-0.15, -0.1) is 0 Å². The third-order valence-electron chi connectivity index (χ3n) is 3.37. The number of hydrogen-bond acceptors (Lipinski definition) is 4. The van der Waals surface area contributed by atoms with Crippen LogP contribution >= 0.6 is 0 Å². The zero-order valence-electron chi connectivity index (χ0n) is 13.9. The third kappa shape index (κ3) is 5.48. The van der Waals surface area contributed by atoms with E-state index in [0.29, 0.717) is 0 Å². The smallest absolute Gasteiger partial charge is 0.307 e. The van der Waals surface area contributed by atoms with Crippen LogP contribution in [0.2, 0.25) is 0 Å². The minimum absolute atomic E-state index is 0.127. The maximum Gasteiger partial charge on any atom is 0.307 e. The first-order valence-electron chi connectivity index (χ1n) is 7.24. The summed E-state index contributed by atoms with van der Waals surface area (Å²) in [4.78, 5) is 11.6. The second-order valence-corrected chi connectivity index (χ2v) is 6.59. The number of methoxy groups -OCH3 is 1. The summed E-state index contributed by atoms with van der Waals surface area (Å²) in [6, 6.07) is 5.57. The van der Waals surface area contributed by atoms with Crippen LogP contribution in [0, 0.1) is 13.8 Å². The van der Waals surface area contributed by atoms with Crippen LogP contribution in [0.4, 0.5) is 0 Å². The predicted molar refractivity (Wildman–Crippen MR) is 84.2 cm³/mol. The molecule has 0 amide bonds. The fourth-order valence-corrected chi connectivity index (χ4v) is 2.36. The predicted octanol–water partition coefficient (Wildman–Crippen LogP) is 2.66. The molecule has 21 heavy (non-hydrogen) atoms. The molecule has 0 aromatic heterocycles. The van der Waals surface area contributed by atoms with Gasteiger partial charge in [-0.05, 0) is 45.7 Å². The molecule has 0 radical (unpaired) electrons. The fourth-order valence-electron chi connectivity index (χ4n) is 2.36. The van der Waals surface area contributed by atoms with Gasteiger partial charge in [0.1, 0.15) is 0 Å². The molecule has 0 aliphatic rings. The summed E-state index contributed by atoms with van der Waals surface area (Å²) in [6.45, 7) is 9.97. The van der Waals surface area contributed by atoms with Crippen molar-refractivity contribution in [3.63, 3.8) is 0 Å². The second-order valence-electron chi connectivity index (χ2n) is 6.59. The molecule has 4 heteroatoms. The van der Waals surface area contributed by atoms with Crippen molar-refractivity contribution >= 4 is 5.97 Å². The van der Waals surface area contributed by atoms with Crippen LogP contribution in [0.25, 0.3) is 0 Å². The van der Waals surface area contributed by atoms with Gasteiger partial charge in [0.15, 0.2) is 0 Å². The van der Waals surface area contributed by atoms with E-state index >= 15 is 0 Å². The summed E-state index contributed by atoms with van der Waals surface area (Å²) >= 11 is 0. The number of aliphatic hydroxyl groups is 1. The Bertz CT molecular complexity index is 491. The Morgan fingerprint density at radius 2 is 1.95 bits per heavy atom. The first kappa shape index (κ1) is 17.7. The molecule has 4 nitrogen and oxygen atoms in total. The van der Waals surface area contributed by atoms with Crippen LogP contribution in [0.5, 0.6) is 0 Å². The average molecular weight is 293 g/mol. The Kier molecular flexibility index (Phi) is 5.93. The molecule has 2 unspecified atom stereocenters. The Labute approximate surface area is 127 Å². The van der Waals surface area contributed by atoms with Gasteiger partial charge in [0, 0.05) is 11.6 Å². The van der Waals surface area contributed by atoms with E-state index < -0.39 is 12.1 Å². The van der Waals surface area contributed by atoms with Crippen molar-refractivity contribution in [2.24, 2.45) is 0 Å².